The van der Waals surface area contributed by atoms with Crippen LogP contribution in [-0.2, 0) is 4.79 Å². The van der Waals surface area contributed by atoms with Gasteiger partial charge in [0, 0.05) is 0 Å². The van der Waals surface area contributed by atoms with Crippen LogP contribution in [0.2, 0.25) is 0 Å². The summed E-state index contributed by atoms with van der Waals surface area (Å²) in [6, 6.07) is -0.0655. The van der Waals surface area contributed by atoms with Gasteiger partial charge >= 0.3 is 0 Å². The lowest BCUT2D eigenvalue weighted by atomic mass is 9.92. The monoisotopic (exact) mass is 169 g/mol. The molecule has 1 amide bonds. The summed E-state index contributed by atoms with van der Waals surface area (Å²) in [6.07, 6.45) is 4.67. The molecule has 1 rings (SSSR count). The van der Waals surface area contributed by atoms with Crippen LogP contribution < -0.4 is 5.32 Å². The van der Waals surface area contributed by atoms with Crippen molar-refractivity contribution in [2.24, 2.45) is 0 Å². The van der Waals surface area contributed by atoms with Gasteiger partial charge in [-0.25, -0.2) is 0 Å². The minimum Gasteiger partial charge on any atom is -0.391 e. The lowest BCUT2D eigenvalue weighted by Crippen LogP contribution is -2.44. The molecular formula is C9H15NO2. The molecule has 0 aromatic heterocycles. The fourth-order valence-electron chi connectivity index (χ4n) is 1.52. The molecule has 1 aliphatic carbocycles. The Balaban J connectivity index is 2.38. The van der Waals surface area contributed by atoms with Crippen LogP contribution in [0.15, 0.2) is 12.7 Å². The van der Waals surface area contributed by atoms with E-state index in [1.54, 1.807) is 0 Å². The zero-order valence-electron chi connectivity index (χ0n) is 7.12. The van der Waals surface area contributed by atoms with E-state index in [2.05, 4.69) is 11.9 Å². The third-order valence-electron chi connectivity index (χ3n) is 2.24. The Labute approximate surface area is 72.5 Å². The molecule has 0 unspecified atom stereocenters. The molecule has 0 heterocycles. The third kappa shape index (κ3) is 2.34. The largest absolute Gasteiger partial charge is 0.391 e. The summed E-state index contributed by atoms with van der Waals surface area (Å²) in [5, 5.41) is 12.2. The van der Waals surface area contributed by atoms with Crippen molar-refractivity contribution in [1.29, 1.82) is 0 Å². The van der Waals surface area contributed by atoms with Gasteiger partial charge in [0.25, 0.3) is 0 Å². The van der Waals surface area contributed by atoms with Crippen LogP contribution in [0.25, 0.3) is 0 Å². The maximum atomic E-state index is 10.9. The Kier molecular flexibility index (Phi) is 3.29. The second-order valence-corrected chi connectivity index (χ2v) is 3.17. The van der Waals surface area contributed by atoms with Gasteiger partial charge in [-0.15, -0.1) is 0 Å². The first-order chi connectivity index (χ1) is 5.74. The highest BCUT2D eigenvalue weighted by molar-refractivity contribution is 5.87. The van der Waals surface area contributed by atoms with Crippen LogP contribution in [0, 0.1) is 0 Å². The molecule has 0 bridgehead atoms. The number of rotatable bonds is 2. The molecule has 0 aromatic carbocycles. The number of carbonyl (C=O) groups excluding carboxylic acids is 1. The fraction of sp³-hybridized carbons (Fsp3) is 0.667. The van der Waals surface area contributed by atoms with Crippen molar-refractivity contribution in [2.75, 3.05) is 0 Å². The number of aliphatic hydroxyl groups is 1. The summed E-state index contributed by atoms with van der Waals surface area (Å²) in [6.45, 7) is 3.36. The highest BCUT2D eigenvalue weighted by Gasteiger charge is 2.23. The SMILES string of the molecule is C=CC(=O)N[C@H]1CCCC[C@@H]1O. The molecule has 2 N–H and O–H groups in total. The van der Waals surface area contributed by atoms with Crippen molar-refractivity contribution in [3.63, 3.8) is 0 Å². The predicted molar refractivity (Wildman–Crippen MR) is 46.6 cm³/mol. The quantitative estimate of drug-likeness (QED) is 0.594. The molecular weight excluding hydrogens is 154 g/mol. The van der Waals surface area contributed by atoms with E-state index in [1.807, 2.05) is 0 Å². The summed E-state index contributed by atoms with van der Waals surface area (Å²) in [4.78, 5) is 10.9. The van der Waals surface area contributed by atoms with E-state index >= 15 is 0 Å². The van der Waals surface area contributed by atoms with Crippen molar-refractivity contribution in [1.82, 2.24) is 5.32 Å². The molecule has 0 spiro atoms. The second-order valence-electron chi connectivity index (χ2n) is 3.17. The number of amides is 1. The molecule has 0 radical (unpaired) electrons. The number of nitrogens with one attached hydrogen (secondary N) is 1. The first-order valence-corrected chi connectivity index (χ1v) is 4.35. The molecule has 0 aliphatic heterocycles. The summed E-state index contributed by atoms with van der Waals surface area (Å²) in [5.74, 6) is -0.194. The molecule has 1 saturated carbocycles. The average molecular weight is 169 g/mol. The van der Waals surface area contributed by atoms with Gasteiger partial charge in [0.1, 0.15) is 0 Å². The van der Waals surface area contributed by atoms with Crippen LogP contribution in [-0.4, -0.2) is 23.2 Å². The van der Waals surface area contributed by atoms with Crippen molar-refractivity contribution >= 4 is 5.91 Å². The number of hydrogen-bond donors (Lipinski definition) is 2. The molecule has 68 valence electrons. The van der Waals surface area contributed by atoms with Gasteiger partial charge in [-0.2, -0.15) is 0 Å². The van der Waals surface area contributed by atoms with E-state index in [0.29, 0.717) is 0 Å². The maximum Gasteiger partial charge on any atom is 0.243 e. The van der Waals surface area contributed by atoms with E-state index in [0.717, 1.165) is 25.7 Å². The minimum absolute atomic E-state index is 0.0655. The maximum absolute atomic E-state index is 10.9. The highest BCUT2D eigenvalue weighted by Crippen LogP contribution is 2.18. The van der Waals surface area contributed by atoms with Crippen LogP contribution >= 0.6 is 0 Å². The van der Waals surface area contributed by atoms with Crippen molar-refractivity contribution < 1.29 is 9.90 Å². The molecule has 12 heavy (non-hydrogen) atoms. The summed E-state index contributed by atoms with van der Waals surface area (Å²) < 4.78 is 0. The normalized spacial score (nSPS) is 29.4. The van der Waals surface area contributed by atoms with Crippen molar-refractivity contribution in [3.8, 4) is 0 Å². The number of aliphatic hydroxyl groups excluding tert-OH is 1. The van der Waals surface area contributed by atoms with Gasteiger partial charge in [-0.05, 0) is 18.9 Å². The van der Waals surface area contributed by atoms with Gasteiger partial charge < -0.3 is 10.4 Å². The molecule has 3 nitrogen and oxygen atoms in total. The fourth-order valence-corrected chi connectivity index (χ4v) is 1.52. The molecule has 0 saturated heterocycles. The van der Waals surface area contributed by atoms with Gasteiger partial charge in [0.15, 0.2) is 0 Å². The van der Waals surface area contributed by atoms with E-state index in [9.17, 15) is 9.90 Å². The van der Waals surface area contributed by atoms with E-state index in [4.69, 9.17) is 0 Å². The van der Waals surface area contributed by atoms with Gasteiger partial charge in [0.05, 0.1) is 12.1 Å². The Bertz CT molecular complexity index is 179. The Morgan fingerprint density at radius 2 is 2.17 bits per heavy atom. The highest BCUT2D eigenvalue weighted by atomic mass is 16.3. The van der Waals surface area contributed by atoms with E-state index < -0.39 is 0 Å². The summed E-state index contributed by atoms with van der Waals surface area (Å²) in [5.41, 5.74) is 0. The Hall–Kier alpha value is -0.830. The summed E-state index contributed by atoms with van der Waals surface area (Å²) in [7, 11) is 0. The predicted octanol–water partition coefficient (Wildman–Crippen LogP) is 0.592. The van der Waals surface area contributed by atoms with Gasteiger partial charge in [0.2, 0.25) is 5.91 Å². The van der Waals surface area contributed by atoms with Crippen molar-refractivity contribution in [3.05, 3.63) is 12.7 Å². The van der Waals surface area contributed by atoms with Crippen LogP contribution in [0.1, 0.15) is 25.7 Å². The zero-order valence-corrected chi connectivity index (χ0v) is 7.12. The van der Waals surface area contributed by atoms with Crippen LogP contribution in [0.4, 0.5) is 0 Å². The first-order valence-electron chi connectivity index (χ1n) is 4.35. The average Bonchev–Trinajstić information content (AvgIpc) is 2.09. The van der Waals surface area contributed by atoms with Gasteiger partial charge in [-0.3, -0.25) is 4.79 Å². The van der Waals surface area contributed by atoms with Crippen molar-refractivity contribution in [2.45, 2.75) is 37.8 Å². The van der Waals surface area contributed by atoms with E-state index in [1.165, 1.54) is 6.08 Å². The molecule has 2 atom stereocenters. The van der Waals surface area contributed by atoms with E-state index in [-0.39, 0.29) is 18.1 Å². The third-order valence-corrected chi connectivity index (χ3v) is 2.24. The Morgan fingerprint density at radius 1 is 1.50 bits per heavy atom. The molecule has 3 heteroatoms. The standard InChI is InChI=1S/C9H15NO2/c1-2-9(12)10-7-5-3-4-6-8(7)11/h2,7-8,11H,1,3-6H2,(H,10,12)/t7-,8-/m0/s1. The lowest BCUT2D eigenvalue weighted by Gasteiger charge is -2.27. The minimum atomic E-state index is -0.373. The Morgan fingerprint density at radius 3 is 2.75 bits per heavy atom. The van der Waals surface area contributed by atoms with Crippen LogP contribution in [0.3, 0.4) is 0 Å². The summed E-state index contributed by atoms with van der Waals surface area (Å²) >= 11 is 0. The molecule has 1 aliphatic rings. The molecule has 0 aromatic rings. The number of hydrogen-bond acceptors (Lipinski definition) is 2. The second kappa shape index (κ2) is 4.26. The number of carbonyl (C=O) groups is 1. The zero-order chi connectivity index (χ0) is 8.97. The molecule has 1 fully saturated rings. The van der Waals surface area contributed by atoms with Crippen LogP contribution in [0.5, 0.6) is 0 Å². The first kappa shape index (κ1) is 9.26. The lowest BCUT2D eigenvalue weighted by molar-refractivity contribution is -0.118. The smallest absolute Gasteiger partial charge is 0.243 e. The topological polar surface area (TPSA) is 49.3 Å². The van der Waals surface area contributed by atoms with Gasteiger partial charge in [-0.1, -0.05) is 19.4 Å².